The highest BCUT2D eigenvalue weighted by atomic mass is 16.6. The molecule has 35 heavy (non-hydrogen) atoms. The van der Waals surface area contributed by atoms with Gasteiger partial charge in [0.2, 0.25) is 5.91 Å². The summed E-state index contributed by atoms with van der Waals surface area (Å²) >= 11 is 0. The van der Waals surface area contributed by atoms with Crippen molar-refractivity contribution >= 4 is 28.8 Å². The average molecular weight is 481 g/mol. The SMILES string of the molecule is C[C@H]1CCCCC/C=C\[C@H]2C[C@@]2(C(=O)O)CC(=O)[C@@H]2C[C@@H](Oc3nc4ccccc4o3)CN2C1=O. The molecule has 3 heterocycles. The molecule has 1 saturated heterocycles. The number of aliphatic carboxylic acids is 1. The zero-order valence-electron chi connectivity index (χ0n) is 20.0. The Balaban J connectivity index is 1.38. The van der Waals surface area contributed by atoms with E-state index < -0.39 is 23.5 Å². The highest BCUT2D eigenvalue weighted by molar-refractivity contribution is 5.94. The number of Topliss-reactive ketones (excluding diaryl/α,β-unsaturated/α-hetero) is 1. The molecule has 0 spiro atoms. The molecule has 0 unspecified atom stereocenters. The average Bonchev–Trinajstić information content (AvgIpc) is 3.15. The lowest BCUT2D eigenvalue weighted by atomic mass is 9.91. The molecule has 186 valence electrons. The van der Waals surface area contributed by atoms with Crippen LogP contribution in [0.3, 0.4) is 0 Å². The first kappa shape index (κ1) is 23.6. The maximum Gasteiger partial charge on any atom is 0.394 e. The monoisotopic (exact) mass is 480 g/mol. The van der Waals surface area contributed by atoms with Crippen LogP contribution in [0.2, 0.25) is 0 Å². The van der Waals surface area contributed by atoms with Gasteiger partial charge in [-0.2, -0.15) is 4.98 Å². The fourth-order valence-corrected chi connectivity index (χ4v) is 5.57. The zero-order chi connectivity index (χ0) is 24.6. The number of benzene rings is 1. The van der Waals surface area contributed by atoms with Crippen LogP contribution in [-0.4, -0.2) is 51.3 Å². The van der Waals surface area contributed by atoms with Crippen LogP contribution < -0.4 is 4.74 Å². The van der Waals surface area contributed by atoms with Crippen LogP contribution in [0.1, 0.15) is 58.3 Å². The normalized spacial score (nSPS) is 32.9. The number of ether oxygens (including phenoxy) is 1. The first-order valence-corrected chi connectivity index (χ1v) is 12.6. The maximum absolute atomic E-state index is 13.5. The van der Waals surface area contributed by atoms with Gasteiger partial charge < -0.3 is 19.2 Å². The van der Waals surface area contributed by atoms with E-state index in [0.717, 1.165) is 32.1 Å². The summed E-state index contributed by atoms with van der Waals surface area (Å²) in [6.07, 6.45) is 9.00. The van der Waals surface area contributed by atoms with Gasteiger partial charge in [0.05, 0.1) is 18.0 Å². The third-order valence-electron chi connectivity index (χ3n) is 7.81. The Morgan fingerprint density at radius 1 is 1.23 bits per heavy atom. The Hall–Kier alpha value is -3.16. The molecule has 8 heteroatoms. The lowest BCUT2D eigenvalue weighted by Gasteiger charge is -2.27. The number of carboxylic acids is 1. The van der Waals surface area contributed by atoms with Crippen molar-refractivity contribution in [2.75, 3.05) is 6.54 Å². The summed E-state index contributed by atoms with van der Waals surface area (Å²) in [5.41, 5.74) is 0.215. The Labute approximate surface area is 204 Å². The number of rotatable bonds is 3. The number of nitrogens with zero attached hydrogens (tertiary/aromatic N) is 2. The number of carbonyl (C=O) groups is 3. The van der Waals surface area contributed by atoms with Crippen molar-refractivity contribution in [3.05, 3.63) is 36.4 Å². The number of ketones is 1. The molecule has 1 saturated carbocycles. The quantitative estimate of drug-likeness (QED) is 0.649. The van der Waals surface area contributed by atoms with Crippen molar-refractivity contribution in [2.24, 2.45) is 17.3 Å². The first-order valence-electron chi connectivity index (χ1n) is 12.6. The molecule has 8 nitrogen and oxygen atoms in total. The number of oxazole rings is 1. The van der Waals surface area contributed by atoms with Crippen molar-refractivity contribution in [3.63, 3.8) is 0 Å². The second kappa shape index (κ2) is 9.47. The van der Waals surface area contributed by atoms with Crippen molar-refractivity contribution in [1.82, 2.24) is 9.88 Å². The molecule has 0 bridgehead atoms. The molecule has 1 N–H and O–H groups in total. The van der Waals surface area contributed by atoms with E-state index >= 15 is 0 Å². The molecular weight excluding hydrogens is 448 g/mol. The Kier molecular flexibility index (Phi) is 6.38. The fraction of sp³-hybridized carbons (Fsp3) is 0.556. The van der Waals surface area contributed by atoms with E-state index in [9.17, 15) is 19.5 Å². The van der Waals surface area contributed by atoms with Crippen molar-refractivity contribution in [1.29, 1.82) is 0 Å². The summed E-state index contributed by atoms with van der Waals surface area (Å²) in [6.45, 7) is 2.16. The molecule has 2 fully saturated rings. The van der Waals surface area contributed by atoms with E-state index in [1.807, 2.05) is 31.2 Å². The van der Waals surface area contributed by atoms with Gasteiger partial charge >= 0.3 is 12.0 Å². The molecule has 2 aliphatic heterocycles. The number of fused-ring (bicyclic) bond motifs is 3. The van der Waals surface area contributed by atoms with Gasteiger partial charge in [-0.1, -0.05) is 44.1 Å². The number of hydrogen-bond acceptors (Lipinski definition) is 6. The Bertz CT molecular complexity index is 1120. The van der Waals surface area contributed by atoms with Gasteiger partial charge in [0.25, 0.3) is 0 Å². The minimum Gasteiger partial charge on any atom is -0.481 e. The van der Waals surface area contributed by atoms with Crippen LogP contribution in [0.15, 0.2) is 40.8 Å². The number of aromatic nitrogens is 1. The van der Waals surface area contributed by atoms with Gasteiger partial charge in [0.15, 0.2) is 11.4 Å². The molecule has 5 rings (SSSR count). The fourth-order valence-electron chi connectivity index (χ4n) is 5.57. The van der Waals surface area contributed by atoms with Gasteiger partial charge in [0.1, 0.15) is 11.6 Å². The molecule has 0 radical (unpaired) electrons. The molecule has 5 atom stereocenters. The van der Waals surface area contributed by atoms with Gasteiger partial charge in [-0.15, -0.1) is 0 Å². The number of carboxylic acid groups (broad SMARTS) is 1. The molecule has 1 amide bonds. The topological polar surface area (TPSA) is 110 Å². The summed E-state index contributed by atoms with van der Waals surface area (Å²) in [6, 6.07) is 6.63. The summed E-state index contributed by atoms with van der Waals surface area (Å²) in [4.78, 5) is 45.0. The van der Waals surface area contributed by atoms with Gasteiger partial charge in [0, 0.05) is 18.8 Å². The van der Waals surface area contributed by atoms with E-state index in [1.165, 1.54) is 0 Å². The highest BCUT2D eigenvalue weighted by Crippen LogP contribution is 2.57. The molecule has 1 aromatic carbocycles. The van der Waals surface area contributed by atoms with Crippen LogP contribution in [-0.2, 0) is 14.4 Å². The minimum atomic E-state index is -1.06. The largest absolute Gasteiger partial charge is 0.481 e. The highest BCUT2D eigenvalue weighted by Gasteiger charge is 2.61. The second-order valence-corrected chi connectivity index (χ2v) is 10.3. The van der Waals surface area contributed by atoms with Crippen molar-refractivity contribution in [2.45, 2.75) is 70.4 Å². The number of carbonyl (C=O) groups excluding carboxylic acids is 2. The lowest BCUT2D eigenvalue weighted by Crippen LogP contribution is -2.44. The van der Waals surface area contributed by atoms with E-state index in [4.69, 9.17) is 9.15 Å². The summed E-state index contributed by atoms with van der Waals surface area (Å²) < 4.78 is 11.7. The second-order valence-electron chi connectivity index (χ2n) is 10.3. The number of amides is 1. The molecule has 3 aliphatic rings. The minimum absolute atomic E-state index is 0.0725. The first-order chi connectivity index (χ1) is 16.9. The summed E-state index contributed by atoms with van der Waals surface area (Å²) in [5, 5.41) is 9.95. The summed E-state index contributed by atoms with van der Waals surface area (Å²) in [7, 11) is 0. The Morgan fingerprint density at radius 2 is 2.06 bits per heavy atom. The van der Waals surface area contributed by atoms with Gasteiger partial charge in [-0.05, 0) is 43.7 Å². The third kappa shape index (κ3) is 4.70. The maximum atomic E-state index is 13.5. The van der Waals surface area contributed by atoms with E-state index in [0.29, 0.717) is 23.9 Å². The lowest BCUT2D eigenvalue weighted by molar-refractivity contribution is -0.147. The molecule has 2 aromatic rings. The number of para-hydroxylation sites is 2. The third-order valence-corrected chi connectivity index (χ3v) is 7.81. The predicted molar refractivity (Wildman–Crippen MR) is 128 cm³/mol. The van der Waals surface area contributed by atoms with Gasteiger partial charge in [-0.3, -0.25) is 14.4 Å². The van der Waals surface area contributed by atoms with Crippen LogP contribution in [0.5, 0.6) is 6.08 Å². The smallest absolute Gasteiger partial charge is 0.394 e. The van der Waals surface area contributed by atoms with E-state index in [2.05, 4.69) is 11.1 Å². The Morgan fingerprint density at radius 3 is 2.86 bits per heavy atom. The number of allylic oxidation sites excluding steroid dienone is 2. The van der Waals surface area contributed by atoms with Crippen LogP contribution in [0.4, 0.5) is 0 Å². The predicted octanol–water partition coefficient (Wildman–Crippen LogP) is 4.38. The van der Waals surface area contributed by atoms with Crippen LogP contribution in [0, 0.1) is 17.3 Å². The van der Waals surface area contributed by atoms with Crippen LogP contribution >= 0.6 is 0 Å². The van der Waals surface area contributed by atoms with Gasteiger partial charge in [-0.25, -0.2) is 0 Å². The molecule has 1 aliphatic carbocycles. The van der Waals surface area contributed by atoms with Crippen molar-refractivity contribution < 1.29 is 28.6 Å². The molecular formula is C27H32N2O6. The van der Waals surface area contributed by atoms with E-state index in [1.54, 1.807) is 11.0 Å². The van der Waals surface area contributed by atoms with Crippen molar-refractivity contribution in [3.8, 4) is 6.08 Å². The number of hydrogen-bond donors (Lipinski definition) is 1. The zero-order valence-corrected chi connectivity index (χ0v) is 20.0. The standard InChI is InChI=1S/C27H32N2O6/c1-17-9-5-3-2-4-6-10-18-14-27(18,25(32)33)15-22(30)21-13-19(16-29(21)24(17)31)34-26-28-20-11-7-8-12-23(20)35-26/h6-8,10-12,17-19,21H,2-5,9,13-16H2,1H3,(H,32,33)/b10-6-/t17-,18-,19+,21-,27+/m0/s1. The van der Waals surface area contributed by atoms with Crippen LogP contribution in [0.25, 0.3) is 11.1 Å². The van der Waals surface area contributed by atoms with E-state index in [-0.39, 0.29) is 42.6 Å². The molecule has 1 aromatic heterocycles. The summed E-state index contributed by atoms with van der Waals surface area (Å²) in [5.74, 6) is -1.56.